The first-order valence-corrected chi connectivity index (χ1v) is 7.27. The van der Waals surface area contributed by atoms with E-state index in [1.807, 2.05) is 0 Å². The largest absolute Gasteiger partial charge is 0.416 e. The van der Waals surface area contributed by atoms with Crippen molar-refractivity contribution in [1.29, 1.82) is 0 Å². The van der Waals surface area contributed by atoms with Gasteiger partial charge in [-0.2, -0.15) is 13.2 Å². The second-order valence-corrected chi connectivity index (χ2v) is 5.59. The van der Waals surface area contributed by atoms with Crippen molar-refractivity contribution >= 4 is 11.6 Å². The lowest BCUT2D eigenvalue weighted by Crippen LogP contribution is -2.39. The minimum Gasteiger partial charge on any atom is -0.361 e. The molecular weight excluding hydrogens is 323 g/mol. The molecule has 1 N–H and O–H groups in total. The molecule has 0 spiro atoms. The van der Waals surface area contributed by atoms with Crippen molar-refractivity contribution in [3.05, 3.63) is 47.3 Å². The molecule has 1 aromatic heterocycles. The van der Waals surface area contributed by atoms with Crippen molar-refractivity contribution in [2.45, 2.75) is 32.6 Å². The number of likely N-dealkylation sites (N-methyl/N-ethyl adjacent to an activating group) is 1. The standard InChI is InChI=1S/C16H18F3N3O2/c1-10-7-14(21-24-10)9-22(3)11(2)15(23)20-13-6-4-5-12(8-13)16(17,18)19/h4-8,11H,9H2,1-3H3,(H,20,23). The summed E-state index contributed by atoms with van der Waals surface area (Å²) in [5, 5.41) is 6.35. The highest BCUT2D eigenvalue weighted by Crippen LogP contribution is 2.30. The molecule has 5 nitrogen and oxygen atoms in total. The zero-order chi connectivity index (χ0) is 17.9. The second kappa shape index (κ2) is 7.04. The van der Waals surface area contributed by atoms with Crippen LogP contribution in [0.15, 0.2) is 34.9 Å². The number of hydrogen-bond donors (Lipinski definition) is 1. The van der Waals surface area contributed by atoms with Gasteiger partial charge < -0.3 is 9.84 Å². The molecule has 1 atom stereocenters. The lowest BCUT2D eigenvalue weighted by Gasteiger charge is -2.23. The average Bonchev–Trinajstić information content (AvgIpc) is 2.90. The zero-order valence-electron chi connectivity index (χ0n) is 13.5. The SMILES string of the molecule is Cc1cc(CN(C)C(C)C(=O)Nc2cccc(C(F)(F)F)c2)no1. The van der Waals surface area contributed by atoms with Gasteiger partial charge in [-0.15, -0.1) is 0 Å². The molecule has 0 fully saturated rings. The van der Waals surface area contributed by atoms with Gasteiger partial charge in [0.25, 0.3) is 0 Å². The van der Waals surface area contributed by atoms with Crippen LogP contribution in [0, 0.1) is 6.92 Å². The number of carbonyl (C=O) groups excluding carboxylic acids is 1. The molecule has 1 heterocycles. The highest BCUT2D eigenvalue weighted by molar-refractivity contribution is 5.94. The minimum atomic E-state index is -4.45. The van der Waals surface area contributed by atoms with Gasteiger partial charge in [0, 0.05) is 18.3 Å². The highest BCUT2D eigenvalue weighted by atomic mass is 19.4. The molecule has 0 aliphatic rings. The Hall–Kier alpha value is -2.35. The van der Waals surface area contributed by atoms with Crippen LogP contribution in [-0.4, -0.2) is 29.1 Å². The third kappa shape index (κ3) is 4.58. The average molecular weight is 341 g/mol. The van der Waals surface area contributed by atoms with Crippen molar-refractivity contribution in [1.82, 2.24) is 10.1 Å². The molecule has 24 heavy (non-hydrogen) atoms. The van der Waals surface area contributed by atoms with E-state index in [0.717, 1.165) is 12.1 Å². The number of hydrogen-bond acceptors (Lipinski definition) is 4. The van der Waals surface area contributed by atoms with Gasteiger partial charge in [0.2, 0.25) is 5.91 Å². The Morgan fingerprint density at radius 1 is 1.38 bits per heavy atom. The number of nitrogens with zero attached hydrogens (tertiary/aromatic N) is 2. The molecule has 1 aromatic carbocycles. The van der Waals surface area contributed by atoms with E-state index in [-0.39, 0.29) is 5.69 Å². The number of amides is 1. The normalized spacial score (nSPS) is 13.1. The quantitative estimate of drug-likeness (QED) is 0.905. The summed E-state index contributed by atoms with van der Waals surface area (Å²) in [4.78, 5) is 14.0. The van der Waals surface area contributed by atoms with E-state index in [1.54, 1.807) is 31.9 Å². The molecular formula is C16H18F3N3O2. The number of alkyl halides is 3. The van der Waals surface area contributed by atoms with E-state index in [1.165, 1.54) is 12.1 Å². The number of anilines is 1. The van der Waals surface area contributed by atoms with Gasteiger partial charge in [0.15, 0.2) is 0 Å². The summed E-state index contributed by atoms with van der Waals surface area (Å²) in [6.07, 6.45) is -4.45. The lowest BCUT2D eigenvalue weighted by molar-refractivity contribution is -0.137. The molecule has 2 aromatic rings. The van der Waals surface area contributed by atoms with Crippen molar-refractivity contribution in [2.24, 2.45) is 0 Å². The molecule has 130 valence electrons. The van der Waals surface area contributed by atoms with E-state index in [2.05, 4.69) is 10.5 Å². The fraction of sp³-hybridized carbons (Fsp3) is 0.375. The van der Waals surface area contributed by atoms with E-state index in [9.17, 15) is 18.0 Å². The summed E-state index contributed by atoms with van der Waals surface area (Å²) < 4.78 is 43.1. The van der Waals surface area contributed by atoms with Crippen molar-refractivity contribution in [3.8, 4) is 0 Å². The second-order valence-electron chi connectivity index (χ2n) is 5.59. The summed E-state index contributed by atoms with van der Waals surface area (Å²) in [6.45, 7) is 3.81. The Bertz CT molecular complexity index is 713. The molecule has 0 saturated heterocycles. The van der Waals surface area contributed by atoms with Gasteiger partial charge in [-0.1, -0.05) is 11.2 Å². The number of aromatic nitrogens is 1. The predicted molar refractivity (Wildman–Crippen MR) is 82.2 cm³/mol. The predicted octanol–water partition coefficient (Wildman–Crippen LogP) is 3.46. The number of aryl methyl sites for hydroxylation is 1. The summed E-state index contributed by atoms with van der Waals surface area (Å²) in [5.41, 5.74) is -0.0274. The fourth-order valence-electron chi connectivity index (χ4n) is 2.11. The molecule has 0 aliphatic heterocycles. The third-order valence-corrected chi connectivity index (χ3v) is 3.59. The van der Waals surface area contributed by atoms with E-state index < -0.39 is 23.7 Å². The minimum absolute atomic E-state index is 0.104. The molecule has 1 unspecified atom stereocenters. The summed E-state index contributed by atoms with van der Waals surface area (Å²) >= 11 is 0. The van der Waals surface area contributed by atoms with Gasteiger partial charge in [-0.25, -0.2) is 0 Å². The number of carbonyl (C=O) groups is 1. The van der Waals surface area contributed by atoms with Crippen molar-refractivity contribution in [3.63, 3.8) is 0 Å². The Morgan fingerprint density at radius 2 is 2.08 bits per heavy atom. The van der Waals surface area contributed by atoms with Gasteiger partial charge in [-0.3, -0.25) is 9.69 Å². The van der Waals surface area contributed by atoms with Crippen LogP contribution in [0.2, 0.25) is 0 Å². The molecule has 0 radical (unpaired) electrons. The topological polar surface area (TPSA) is 58.4 Å². The van der Waals surface area contributed by atoms with Crippen LogP contribution < -0.4 is 5.32 Å². The Morgan fingerprint density at radius 3 is 2.67 bits per heavy atom. The molecule has 8 heteroatoms. The Balaban J connectivity index is 2.00. The van der Waals surface area contributed by atoms with Gasteiger partial charge in [-0.05, 0) is 39.1 Å². The first kappa shape index (κ1) is 18.0. The summed E-state index contributed by atoms with van der Waals surface area (Å²) in [6, 6.07) is 5.74. The van der Waals surface area contributed by atoms with E-state index in [0.29, 0.717) is 18.0 Å². The van der Waals surface area contributed by atoms with E-state index >= 15 is 0 Å². The van der Waals surface area contributed by atoms with Gasteiger partial charge >= 0.3 is 6.18 Å². The zero-order valence-corrected chi connectivity index (χ0v) is 13.5. The summed E-state index contributed by atoms with van der Waals surface area (Å²) in [5.74, 6) is 0.261. The highest BCUT2D eigenvalue weighted by Gasteiger charge is 2.30. The number of benzene rings is 1. The monoisotopic (exact) mass is 341 g/mol. The third-order valence-electron chi connectivity index (χ3n) is 3.59. The molecule has 0 saturated carbocycles. The van der Waals surface area contributed by atoms with Crippen LogP contribution in [0.1, 0.15) is 23.9 Å². The Labute approximate surface area is 137 Å². The van der Waals surface area contributed by atoms with Crippen molar-refractivity contribution in [2.75, 3.05) is 12.4 Å². The molecule has 0 bridgehead atoms. The maximum atomic E-state index is 12.7. The van der Waals surface area contributed by atoms with E-state index in [4.69, 9.17) is 4.52 Å². The first-order chi connectivity index (χ1) is 11.2. The van der Waals surface area contributed by atoms with Crippen LogP contribution >= 0.6 is 0 Å². The fourth-order valence-corrected chi connectivity index (χ4v) is 2.11. The molecule has 0 aliphatic carbocycles. The number of halogens is 3. The van der Waals surface area contributed by atoms with Crippen LogP contribution in [0.4, 0.5) is 18.9 Å². The van der Waals surface area contributed by atoms with Crippen LogP contribution in [-0.2, 0) is 17.5 Å². The number of nitrogens with one attached hydrogen (secondary N) is 1. The maximum Gasteiger partial charge on any atom is 0.416 e. The number of rotatable bonds is 5. The molecule has 1 amide bonds. The van der Waals surface area contributed by atoms with Gasteiger partial charge in [0.05, 0.1) is 17.3 Å². The van der Waals surface area contributed by atoms with Crippen LogP contribution in [0.5, 0.6) is 0 Å². The maximum absolute atomic E-state index is 12.7. The van der Waals surface area contributed by atoms with Crippen LogP contribution in [0.25, 0.3) is 0 Å². The van der Waals surface area contributed by atoms with Crippen LogP contribution in [0.3, 0.4) is 0 Å². The lowest BCUT2D eigenvalue weighted by atomic mass is 10.2. The first-order valence-electron chi connectivity index (χ1n) is 7.27. The molecule has 2 rings (SSSR count). The Kier molecular flexibility index (Phi) is 5.28. The van der Waals surface area contributed by atoms with Gasteiger partial charge in [0.1, 0.15) is 5.76 Å². The smallest absolute Gasteiger partial charge is 0.361 e. The summed E-state index contributed by atoms with van der Waals surface area (Å²) in [7, 11) is 1.72. The van der Waals surface area contributed by atoms with Crippen molar-refractivity contribution < 1.29 is 22.5 Å².